The van der Waals surface area contributed by atoms with E-state index in [1.165, 1.54) is 0 Å². The van der Waals surface area contributed by atoms with E-state index in [0.29, 0.717) is 6.29 Å². The molecule has 0 bridgehead atoms. The number of hydrogen-bond acceptors (Lipinski definition) is 3. The Morgan fingerprint density at radius 1 is 1.60 bits per heavy atom. The molecule has 3 nitrogen and oxygen atoms in total. The van der Waals surface area contributed by atoms with Crippen molar-refractivity contribution in [2.45, 2.75) is 25.7 Å². The van der Waals surface area contributed by atoms with Crippen molar-refractivity contribution in [3.8, 4) is 0 Å². The molecule has 1 aliphatic heterocycles. The normalized spacial score (nSPS) is 33.0. The van der Waals surface area contributed by atoms with Crippen LogP contribution in [-0.4, -0.2) is 37.4 Å². The highest BCUT2D eigenvalue weighted by Crippen LogP contribution is 2.13. The molecule has 1 unspecified atom stereocenters. The Labute approximate surface area is 62.8 Å². The van der Waals surface area contributed by atoms with E-state index < -0.39 is 0 Å². The number of nitrogens with one attached hydrogen (secondary N) is 2. The van der Waals surface area contributed by atoms with Gasteiger partial charge in [-0.2, -0.15) is 0 Å². The third-order valence-electron chi connectivity index (χ3n) is 1.89. The van der Waals surface area contributed by atoms with Crippen molar-refractivity contribution in [2.24, 2.45) is 0 Å². The van der Waals surface area contributed by atoms with Gasteiger partial charge in [0.2, 0.25) is 0 Å². The van der Waals surface area contributed by atoms with E-state index in [-0.39, 0.29) is 5.54 Å². The predicted octanol–water partition coefficient (Wildman–Crippen LogP) is -0.197. The average Bonchev–Trinajstić information content (AvgIpc) is 2.05. The fourth-order valence-electron chi connectivity index (χ4n) is 1.53. The SMILES string of the molecule is CNC1NC(C)(C)CN1C. The summed E-state index contributed by atoms with van der Waals surface area (Å²) in [7, 11) is 4.08. The van der Waals surface area contributed by atoms with Crippen LogP contribution in [0.3, 0.4) is 0 Å². The van der Waals surface area contributed by atoms with Gasteiger partial charge < -0.3 is 0 Å². The fourth-order valence-corrected chi connectivity index (χ4v) is 1.53. The lowest BCUT2D eigenvalue weighted by molar-refractivity contribution is 0.261. The molecule has 3 heteroatoms. The number of rotatable bonds is 1. The van der Waals surface area contributed by atoms with Gasteiger partial charge in [-0.15, -0.1) is 0 Å². The van der Waals surface area contributed by atoms with Crippen LogP contribution >= 0.6 is 0 Å². The molecule has 0 saturated carbocycles. The van der Waals surface area contributed by atoms with E-state index in [1.54, 1.807) is 0 Å². The summed E-state index contributed by atoms with van der Waals surface area (Å²) < 4.78 is 0. The average molecular weight is 143 g/mol. The van der Waals surface area contributed by atoms with E-state index in [1.807, 2.05) is 7.05 Å². The summed E-state index contributed by atoms with van der Waals surface area (Å²) in [6.45, 7) is 5.51. The molecule has 10 heavy (non-hydrogen) atoms. The van der Waals surface area contributed by atoms with Gasteiger partial charge in [-0.25, -0.2) is 0 Å². The smallest absolute Gasteiger partial charge is 0.114 e. The summed E-state index contributed by atoms with van der Waals surface area (Å²) in [6.07, 6.45) is 0.343. The van der Waals surface area contributed by atoms with Gasteiger partial charge in [0.25, 0.3) is 0 Å². The second-order valence-corrected chi connectivity index (χ2v) is 3.63. The number of hydrogen-bond donors (Lipinski definition) is 2. The van der Waals surface area contributed by atoms with Crippen LogP contribution in [0.15, 0.2) is 0 Å². The minimum Gasteiger partial charge on any atom is -0.293 e. The minimum atomic E-state index is 0.252. The van der Waals surface area contributed by atoms with Crippen molar-refractivity contribution >= 4 is 0 Å². The molecule has 1 atom stereocenters. The van der Waals surface area contributed by atoms with E-state index in [2.05, 4.69) is 36.4 Å². The van der Waals surface area contributed by atoms with E-state index >= 15 is 0 Å². The number of nitrogens with zero attached hydrogens (tertiary/aromatic N) is 1. The molecule has 1 aliphatic rings. The first-order valence-electron chi connectivity index (χ1n) is 3.70. The zero-order chi connectivity index (χ0) is 7.78. The third-order valence-corrected chi connectivity index (χ3v) is 1.89. The second-order valence-electron chi connectivity index (χ2n) is 3.63. The van der Waals surface area contributed by atoms with Crippen molar-refractivity contribution in [2.75, 3.05) is 20.6 Å². The molecule has 1 saturated heterocycles. The van der Waals surface area contributed by atoms with Crippen molar-refractivity contribution in [1.29, 1.82) is 0 Å². The van der Waals surface area contributed by atoms with Gasteiger partial charge in [-0.3, -0.25) is 15.5 Å². The predicted molar refractivity (Wildman–Crippen MR) is 42.7 cm³/mol. The first-order chi connectivity index (χ1) is 4.55. The van der Waals surface area contributed by atoms with Crippen LogP contribution in [0.1, 0.15) is 13.8 Å². The summed E-state index contributed by atoms with van der Waals surface area (Å²) in [5.74, 6) is 0. The molecule has 0 aromatic carbocycles. The molecule has 1 rings (SSSR count). The molecule has 0 radical (unpaired) electrons. The van der Waals surface area contributed by atoms with Gasteiger partial charge in [-0.05, 0) is 27.9 Å². The highest BCUT2D eigenvalue weighted by atomic mass is 15.4. The maximum absolute atomic E-state index is 3.44. The van der Waals surface area contributed by atoms with Crippen molar-refractivity contribution < 1.29 is 0 Å². The van der Waals surface area contributed by atoms with Gasteiger partial charge in [0.15, 0.2) is 0 Å². The van der Waals surface area contributed by atoms with Crippen LogP contribution in [-0.2, 0) is 0 Å². The standard InChI is InChI=1S/C7H17N3/c1-7(2)5-10(4)6(8-3)9-7/h6,8-9H,5H2,1-4H3. The summed E-state index contributed by atoms with van der Waals surface area (Å²) in [4.78, 5) is 2.26. The Bertz CT molecular complexity index is 122. The Hall–Kier alpha value is -0.120. The summed E-state index contributed by atoms with van der Waals surface area (Å²) in [6, 6.07) is 0. The summed E-state index contributed by atoms with van der Waals surface area (Å²) >= 11 is 0. The molecule has 1 fully saturated rings. The zero-order valence-electron chi connectivity index (χ0n) is 7.23. The van der Waals surface area contributed by atoms with Crippen LogP contribution in [0.25, 0.3) is 0 Å². The van der Waals surface area contributed by atoms with Crippen LogP contribution in [0.5, 0.6) is 0 Å². The molecule has 2 N–H and O–H groups in total. The first-order valence-corrected chi connectivity index (χ1v) is 3.70. The lowest BCUT2D eigenvalue weighted by atomic mass is 10.1. The van der Waals surface area contributed by atoms with Crippen LogP contribution in [0.2, 0.25) is 0 Å². The van der Waals surface area contributed by atoms with E-state index in [0.717, 1.165) is 6.54 Å². The van der Waals surface area contributed by atoms with Crippen molar-refractivity contribution in [3.05, 3.63) is 0 Å². The van der Waals surface area contributed by atoms with Crippen molar-refractivity contribution in [1.82, 2.24) is 15.5 Å². The number of likely N-dealkylation sites (N-methyl/N-ethyl adjacent to an activating group) is 1. The van der Waals surface area contributed by atoms with Crippen LogP contribution < -0.4 is 10.6 Å². The van der Waals surface area contributed by atoms with Gasteiger partial charge in [-0.1, -0.05) is 0 Å². The Kier molecular flexibility index (Phi) is 1.99. The summed E-state index contributed by atoms with van der Waals surface area (Å²) in [5.41, 5.74) is 0.252. The largest absolute Gasteiger partial charge is 0.293 e. The molecule has 0 amide bonds. The Morgan fingerprint density at radius 3 is 2.40 bits per heavy atom. The monoisotopic (exact) mass is 143 g/mol. The molecule has 60 valence electrons. The fraction of sp³-hybridized carbons (Fsp3) is 1.00. The lowest BCUT2D eigenvalue weighted by Gasteiger charge is -2.18. The first kappa shape index (κ1) is 7.98. The van der Waals surface area contributed by atoms with Gasteiger partial charge >= 0.3 is 0 Å². The molecular formula is C7H17N3. The highest BCUT2D eigenvalue weighted by molar-refractivity contribution is 4.90. The van der Waals surface area contributed by atoms with E-state index in [4.69, 9.17) is 0 Å². The molecule has 0 aliphatic carbocycles. The molecule has 0 spiro atoms. The van der Waals surface area contributed by atoms with E-state index in [9.17, 15) is 0 Å². The van der Waals surface area contributed by atoms with Crippen molar-refractivity contribution in [3.63, 3.8) is 0 Å². The molecule has 1 heterocycles. The lowest BCUT2D eigenvalue weighted by Crippen LogP contribution is -2.47. The zero-order valence-corrected chi connectivity index (χ0v) is 7.23. The molecular weight excluding hydrogens is 126 g/mol. The topological polar surface area (TPSA) is 27.3 Å². The molecule has 0 aromatic heterocycles. The maximum atomic E-state index is 3.44. The maximum Gasteiger partial charge on any atom is 0.114 e. The van der Waals surface area contributed by atoms with Crippen LogP contribution in [0.4, 0.5) is 0 Å². The van der Waals surface area contributed by atoms with Crippen LogP contribution in [0, 0.1) is 0 Å². The Morgan fingerprint density at radius 2 is 2.20 bits per heavy atom. The quantitative estimate of drug-likeness (QED) is 0.532. The van der Waals surface area contributed by atoms with Gasteiger partial charge in [0.05, 0.1) is 0 Å². The third kappa shape index (κ3) is 1.48. The Balaban J connectivity index is 2.52. The van der Waals surface area contributed by atoms with Gasteiger partial charge in [0.1, 0.15) is 6.29 Å². The minimum absolute atomic E-state index is 0.252. The second kappa shape index (κ2) is 2.49. The summed E-state index contributed by atoms with van der Waals surface area (Å²) in [5, 5.41) is 6.63. The highest BCUT2D eigenvalue weighted by Gasteiger charge is 2.32. The molecule has 0 aromatic rings. The van der Waals surface area contributed by atoms with Gasteiger partial charge in [0, 0.05) is 12.1 Å².